The highest BCUT2D eigenvalue weighted by atomic mass is 127. The molecule has 0 saturated heterocycles. The van der Waals surface area contributed by atoms with Crippen LogP contribution in [0.3, 0.4) is 0 Å². The third kappa shape index (κ3) is 6.58. The molecule has 0 amide bonds. The van der Waals surface area contributed by atoms with Gasteiger partial charge in [0.05, 0.1) is 13.2 Å². The molecule has 0 aliphatic heterocycles. The average Bonchev–Trinajstić information content (AvgIpc) is 2.45. The molecular weight excluding hydrogens is 401 g/mol. The van der Waals surface area contributed by atoms with E-state index in [1.807, 2.05) is 18.2 Å². The number of ether oxygens (including phenoxy) is 1. The normalized spacial score (nSPS) is 11.0. The van der Waals surface area contributed by atoms with Gasteiger partial charge in [0.15, 0.2) is 5.96 Å². The van der Waals surface area contributed by atoms with E-state index in [1.165, 1.54) is 11.1 Å². The summed E-state index contributed by atoms with van der Waals surface area (Å²) in [6, 6.07) is 14.4. The lowest BCUT2D eigenvalue weighted by molar-refractivity contribution is 0.185. The van der Waals surface area contributed by atoms with Crippen LogP contribution in [-0.2, 0) is 17.9 Å². The summed E-state index contributed by atoms with van der Waals surface area (Å²) < 4.78 is 5.14. The molecule has 4 nitrogen and oxygen atoms in total. The molecule has 0 aromatic heterocycles. The highest BCUT2D eigenvalue weighted by Crippen LogP contribution is 2.13. The lowest BCUT2D eigenvalue weighted by Crippen LogP contribution is -2.22. The molecule has 0 spiro atoms. The molecule has 0 aliphatic carbocycles. The van der Waals surface area contributed by atoms with E-state index in [-0.39, 0.29) is 24.0 Å². The van der Waals surface area contributed by atoms with E-state index in [9.17, 15) is 0 Å². The zero-order valence-corrected chi connectivity index (χ0v) is 16.1. The van der Waals surface area contributed by atoms with Gasteiger partial charge in [-0.2, -0.15) is 0 Å². The SMILES string of the molecule is COCc1cccc(CN=C(N)Nc2cc(C)cc(C)c2)c1.I. The Kier molecular flexibility index (Phi) is 8.05. The van der Waals surface area contributed by atoms with Crippen LogP contribution >= 0.6 is 24.0 Å². The van der Waals surface area contributed by atoms with Crippen molar-refractivity contribution in [3.05, 3.63) is 64.7 Å². The Morgan fingerprint density at radius 3 is 2.39 bits per heavy atom. The summed E-state index contributed by atoms with van der Waals surface area (Å²) in [6.07, 6.45) is 0. The predicted octanol–water partition coefficient (Wildman–Crippen LogP) is 3.99. The number of rotatable bonds is 5. The first kappa shape index (κ1) is 19.4. The fourth-order valence-corrected chi connectivity index (χ4v) is 2.40. The van der Waals surface area contributed by atoms with Gasteiger partial charge in [-0.3, -0.25) is 0 Å². The summed E-state index contributed by atoms with van der Waals surface area (Å²) in [5.74, 6) is 0.419. The summed E-state index contributed by atoms with van der Waals surface area (Å²) >= 11 is 0. The van der Waals surface area contributed by atoms with Gasteiger partial charge in [-0.15, -0.1) is 24.0 Å². The second kappa shape index (κ2) is 9.52. The number of nitrogens with one attached hydrogen (secondary N) is 1. The highest BCUT2D eigenvalue weighted by Gasteiger charge is 1.99. The minimum absolute atomic E-state index is 0. The maximum Gasteiger partial charge on any atom is 0.193 e. The fraction of sp³-hybridized carbons (Fsp3) is 0.278. The molecule has 0 saturated carbocycles. The van der Waals surface area contributed by atoms with Crippen molar-refractivity contribution in [2.45, 2.75) is 27.0 Å². The summed E-state index contributed by atoms with van der Waals surface area (Å²) in [5, 5.41) is 3.14. The lowest BCUT2D eigenvalue weighted by atomic mass is 10.1. The molecule has 0 fully saturated rings. The van der Waals surface area contributed by atoms with Crippen LogP contribution in [0.1, 0.15) is 22.3 Å². The molecule has 23 heavy (non-hydrogen) atoms. The second-order valence-corrected chi connectivity index (χ2v) is 5.46. The predicted molar refractivity (Wildman–Crippen MR) is 107 cm³/mol. The summed E-state index contributed by atoms with van der Waals surface area (Å²) in [5.41, 5.74) is 11.6. The Balaban J connectivity index is 0.00000264. The number of nitrogens with two attached hydrogens (primary N) is 1. The van der Waals surface area contributed by atoms with Crippen LogP contribution in [0, 0.1) is 13.8 Å². The van der Waals surface area contributed by atoms with E-state index in [0.29, 0.717) is 19.1 Å². The number of hydrogen-bond acceptors (Lipinski definition) is 2. The number of anilines is 1. The standard InChI is InChI=1S/C18H23N3O.HI/c1-13-7-14(2)9-17(8-13)21-18(19)20-11-15-5-4-6-16(10-15)12-22-3;/h4-10H,11-12H2,1-3H3,(H3,19,20,21);1H. The van der Waals surface area contributed by atoms with E-state index in [4.69, 9.17) is 10.5 Å². The number of benzene rings is 2. The van der Waals surface area contributed by atoms with Crippen LogP contribution in [0.15, 0.2) is 47.5 Å². The number of nitrogens with zero attached hydrogens (tertiary/aromatic N) is 1. The van der Waals surface area contributed by atoms with Crippen molar-refractivity contribution in [3.63, 3.8) is 0 Å². The van der Waals surface area contributed by atoms with E-state index in [1.54, 1.807) is 7.11 Å². The minimum Gasteiger partial charge on any atom is -0.380 e. The Hall–Kier alpha value is -1.60. The molecule has 3 N–H and O–H groups in total. The van der Waals surface area contributed by atoms with Gasteiger partial charge in [-0.25, -0.2) is 4.99 Å². The van der Waals surface area contributed by atoms with Crippen molar-refractivity contribution in [1.29, 1.82) is 0 Å². The van der Waals surface area contributed by atoms with Crippen LogP contribution in [0.5, 0.6) is 0 Å². The smallest absolute Gasteiger partial charge is 0.193 e. The van der Waals surface area contributed by atoms with Gasteiger partial charge in [0, 0.05) is 12.8 Å². The van der Waals surface area contributed by atoms with Gasteiger partial charge in [0.1, 0.15) is 0 Å². The number of hydrogen-bond donors (Lipinski definition) is 2. The third-order valence-electron chi connectivity index (χ3n) is 3.23. The molecule has 2 rings (SSSR count). The fourth-order valence-electron chi connectivity index (χ4n) is 2.40. The number of aryl methyl sites for hydroxylation is 2. The van der Waals surface area contributed by atoms with Crippen LogP contribution in [-0.4, -0.2) is 13.1 Å². The average molecular weight is 425 g/mol. The van der Waals surface area contributed by atoms with Crippen LogP contribution in [0.2, 0.25) is 0 Å². The van der Waals surface area contributed by atoms with Crippen LogP contribution in [0.25, 0.3) is 0 Å². The maximum atomic E-state index is 5.96. The van der Waals surface area contributed by atoms with Crippen LogP contribution < -0.4 is 11.1 Å². The number of guanidine groups is 1. The Morgan fingerprint density at radius 2 is 1.74 bits per heavy atom. The number of halogens is 1. The van der Waals surface area contributed by atoms with E-state index in [0.717, 1.165) is 16.8 Å². The zero-order valence-electron chi connectivity index (χ0n) is 13.8. The van der Waals surface area contributed by atoms with Gasteiger partial charge >= 0.3 is 0 Å². The monoisotopic (exact) mass is 425 g/mol. The van der Waals surface area contributed by atoms with Gasteiger partial charge < -0.3 is 15.8 Å². The van der Waals surface area contributed by atoms with Crippen LogP contribution in [0.4, 0.5) is 5.69 Å². The van der Waals surface area contributed by atoms with Crippen molar-refractivity contribution in [3.8, 4) is 0 Å². The van der Waals surface area contributed by atoms with Crippen molar-refractivity contribution in [2.75, 3.05) is 12.4 Å². The van der Waals surface area contributed by atoms with Gasteiger partial charge in [0.25, 0.3) is 0 Å². The molecule has 0 atom stereocenters. The zero-order chi connectivity index (χ0) is 15.9. The quantitative estimate of drug-likeness (QED) is 0.433. The van der Waals surface area contributed by atoms with Gasteiger partial charge in [0.2, 0.25) is 0 Å². The molecule has 0 aliphatic rings. The Bertz CT molecular complexity index is 651. The topological polar surface area (TPSA) is 59.6 Å². The molecule has 2 aromatic rings. The lowest BCUT2D eigenvalue weighted by Gasteiger charge is -2.08. The van der Waals surface area contributed by atoms with Crippen molar-refractivity contribution in [2.24, 2.45) is 10.7 Å². The molecule has 0 bridgehead atoms. The second-order valence-electron chi connectivity index (χ2n) is 5.46. The molecule has 0 radical (unpaired) electrons. The first-order valence-electron chi connectivity index (χ1n) is 7.29. The summed E-state index contributed by atoms with van der Waals surface area (Å²) in [4.78, 5) is 4.39. The number of methoxy groups -OCH3 is 1. The van der Waals surface area contributed by atoms with Crippen molar-refractivity contribution >= 4 is 35.6 Å². The Morgan fingerprint density at radius 1 is 1.09 bits per heavy atom. The summed E-state index contributed by atoms with van der Waals surface area (Å²) in [6.45, 7) is 5.27. The minimum atomic E-state index is 0. The van der Waals surface area contributed by atoms with Crippen molar-refractivity contribution < 1.29 is 4.74 Å². The molecule has 0 heterocycles. The van der Waals surface area contributed by atoms with Gasteiger partial charge in [-0.1, -0.05) is 30.3 Å². The van der Waals surface area contributed by atoms with E-state index in [2.05, 4.69) is 48.4 Å². The number of aliphatic imine (C=N–C) groups is 1. The molecule has 0 unspecified atom stereocenters. The first-order chi connectivity index (χ1) is 10.6. The molecular formula is C18H24IN3O. The summed E-state index contributed by atoms with van der Waals surface area (Å²) in [7, 11) is 1.69. The molecule has 124 valence electrons. The molecule has 5 heteroatoms. The first-order valence-corrected chi connectivity index (χ1v) is 7.29. The van der Waals surface area contributed by atoms with Gasteiger partial charge in [-0.05, 0) is 48.2 Å². The largest absolute Gasteiger partial charge is 0.380 e. The Labute approximate surface area is 155 Å². The van der Waals surface area contributed by atoms with E-state index < -0.39 is 0 Å². The van der Waals surface area contributed by atoms with Crippen molar-refractivity contribution in [1.82, 2.24) is 0 Å². The maximum absolute atomic E-state index is 5.96. The highest BCUT2D eigenvalue weighted by molar-refractivity contribution is 14.0. The third-order valence-corrected chi connectivity index (χ3v) is 3.23. The van der Waals surface area contributed by atoms with E-state index >= 15 is 0 Å². The molecule has 2 aromatic carbocycles.